The van der Waals surface area contributed by atoms with Crippen LogP contribution in [0.3, 0.4) is 0 Å². The Morgan fingerprint density at radius 3 is 2.81 bits per heavy atom. The van der Waals surface area contributed by atoms with Crippen LogP contribution in [0.25, 0.3) is 11.0 Å². The monoisotopic (exact) mass is 312 g/mol. The fourth-order valence-corrected chi connectivity index (χ4v) is 2.48. The topological polar surface area (TPSA) is 27.1 Å². The van der Waals surface area contributed by atoms with Crippen LogP contribution in [0, 0.1) is 12.7 Å². The molecule has 0 N–H and O–H groups in total. The minimum Gasteiger partial charge on any atom is -0.380 e. The van der Waals surface area contributed by atoms with Crippen LogP contribution in [-0.4, -0.2) is 22.8 Å². The van der Waals surface area contributed by atoms with Crippen molar-refractivity contribution in [2.24, 2.45) is 0 Å². The normalized spacial score (nSPS) is 13.0. The van der Waals surface area contributed by atoms with Crippen molar-refractivity contribution in [2.75, 3.05) is 13.2 Å². The molecule has 21 heavy (non-hydrogen) atoms. The van der Waals surface area contributed by atoms with E-state index in [-0.39, 0.29) is 11.2 Å². The van der Waals surface area contributed by atoms with Crippen LogP contribution in [0.15, 0.2) is 12.1 Å². The summed E-state index contributed by atoms with van der Waals surface area (Å²) in [6, 6.07) is 3.30. The largest absolute Gasteiger partial charge is 0.380 e. The van der Waals surface area contributed by atoms with Crippen molar-refractivity contribution in [3.05, 3.63) is 29.3 Å². The smallest absolute Gasteiger partial charge is 0.128 e. The van der Waals surface area contributed by atoms with Crippen LogP contribution in [-0.2, 0) is 11.3 Å². The molecule has 0 spiro atoms. The maximum Gasteiger partial charge on any atom is 0.128 e. The third-order valence-electron chi connectivity index (χ3n) is 3.52. The number of rotatable bonds is 7. The summed E-state index contributed by atoms with van der Waals surface area (Å²) in [6.07, 6.45) is 2.18. The van der Waals surface area contributed by atoms with E-state index >= 15 is 0 Å². The Labute approximate surface area is 130 Å². The lowest BCUT2D eigenvalue weighted by molar-refractivity contribution is 0.123. The van der Waals surface area contributed by atoms with Crippen LogP contribution in [0.1, 0.15) is 43.5 Å². The number of unbranched alkanes of at least 4 members (excludes halogenated alkanes) is 1. The standard InChI is InChI=1S/C16H22ClFN2O/c1-4-5-7-21-8-6-20-15-9-11(2)13(18)10-14(15)19-16(20)12(3)17/h9-10,12H,4-8H2,1-3H3. The maximum absolute atomic E-state index is 13.7. The molecule has 0 saturated heterocycles. The zero-order valence-corrected chi connectivity index (χ0v) is 13.6. The highest BCUT2D eigenvalue weighted by molar-refractivity contribution is 6.20. The molecule has 0 bridgehead atoms. The molecule has 0 aliphatic rings. The minimum atomic E-state index is -0.236. The quantitative estimate of drug-likeness (QED) is 0.552. The molecule has 5 heteroatoms. The molecule has 1 aromatic carbocycles. The average Bonchev–Trinajstić information content (AvgIpc) is 2.77. The van der Waals surface area contributed by atoms with Gasteiger partial charge in [0, 0.05) is 19.2 Å². The Bertz CT molecular complexity index is 610. The van der Waals surface area contributed by atoms with Crippen molar-refractivity contribution < 1.29 is 9.13 Å². The molecular formula is C16H22ClFN2O. The van der Waals surface area contributed by atoms with Crippen molar-refractivity contribution in [1.82, 2.24) is 9.55 Å². The Kier molecular flexibility index (Phi) is 5.59. The van der Waals surface area contributed by atoms with Crippen LogP contribution in [0.4, 0.5) is 4.39 Å². The van der Waals surface area contributed by atoms with Gasteiger partial charge in [-0.3, -0.25) is 0 Å². The van der Waals surface area contributed by atoms with Crippen molar-refractivity contribution in [3.63, 3.8) is 0 Å². The van der Waals surface area contributed by atoms with Gasteiger partial charge in [-0.2, -0.15) is 0 Å². The molecule has 0 aliphatic heterocycles. The molecule has 0 fully saturated rings. The lowest BCUT2D eigenvalue weighted by atomic mass is 10.2. The van der Waals surface area contributed by atoms with E-state index in [1.807, 2.05) is 17.6 Å². The van der Waals surface area contributed by atoms with E-state index in [2.05, 4.69) is 11.9 Å². The van der Waals surface area contributed by atoms with Gasteiger partial charge < -0.3 is 9.30 Å². The van der Waals surface area contributed by atoms with Crippen molar-refractivity contribution in [1.29, 1.82) is 0 Å². The fourth-order valence-electron chi connectivity index (χ4n) is 2.31. The van der Waals surface area contributed by atoms with E-state index < -0.39 is 0 Å². The van der Waals surface area contributed by atoms with Crippen LogP contribution in [0.5, 0.6) is 0 Å². The summed E-state index contributed by atoms with van der Waals surface area (Å²) in [5.41, 5.74) is 2.17. The summed E-state index contributed by atoms with van der Waals surface area (Å²) in [5, 5.41) is -0.226. The van der Waals surface area contributed by atoms with E-state index in [0.717, 1.165) is 30.8 Å². The van der Waals surface area contributed by atoms with Crippen LogP contribution < -0.4 is 0 Å². The molecule has 1 aromatic heterocycles. The van der Waals surface area contributed by atoms with Gasteiger partial charge in [-0.05, 0) is 31.9 Å². The molecule has 0 aliphatic carbocycles. The number of aromatic nitrogens is 2. The first-order valence-corrected chi connectivity index (χ1v) is 7.86. The Morgan fingerprint density at radius 1 is 1.38 bits per heavy atom. The summed E-state index contributed by atoms with van der Waals surface area (Å²) in [5.74, 6) is 0.524. The summed E-state index contributed by atoms with van der Waals surface area (Å²) in [6.45, 7) is 7.82. The maximum atomic E-state index is 13.7. The lowest BCUT2D eigenvalue weighted by Gasteiger charge is -2.11. The molecule has 3 nitrogen and oxygen atoms in total. The zero-order chi connectivity index (χ0) is 15.4. The predicted molar refractivity (Wildman–Crippen MR) is 84.4 cm³/mol. The van der Waals surface area contributed by atoms with Gasteiger partial charge in [-0.25, -0.2) is 9.37 Å². The Balaban J connectivity index is 2.26. The molecule has 0 amide bonds. The number of halogens is 2. The zero-order valence-electron chi connectivity index (χ0n) is 12.8. The molecule has 116 valence electrons. The van der Waals surface area contributed by atoms with E-state index in [1.54, 1.807) is 6.92 Å². The summed E-state index contributed by atoms with van der Waals surface area (Å²) >= 11 is 6.20. The highest BCUT2D eigenvalue weighted by Gasteiger charge is 2.16. The van der Waals surface area contributed by atoms with Gasteiger partial charge in [0.2, 0.25) is 0 Å². The van der Waals surface area contributed by atoms with Crippen molar-refractivity contribution in [3.8, 4) is 0 Å². The number of alkyl halides is 1. The van der Waals surface area contributed by atoms with Crippen molar-refractivity contribution in [2.45, 2.75) is 45.5 Å². The highest BCUT2D eigenvalue weighted by atomic mass is 35.5. The number of aryl methyl sites for hydroxylation is 1. The highest BCUT2D eigenvalue weighted by Crippen LogP contribution is 2.26. The predicted octanol–water partition coefficient (Wildman–Crippen LogP) is 4.60. The summed E-state index contributed by atoms with van der Waals surface area (Å²) in [4.78, 5) is 4.46. The van der Waals surface area contributed by atoms with Gasteiger partial charge in [0.15, 0.2) is 0 Å². The molecule has 0 radical (unpaired) electrons. The summed E-state index contributed by atoms with van der Waals surface area (Å²) in [7, 11) is 0. The fraction of sp³-hybridized carbons (Fsp3) is 0.562. The molecule has 1 heterocycles. The number of fused-ring (bicyclic) bond motifs is 1. The first kappa shape index (κ1) is 16.2. The molecule has 2 aromatic rings. The van der Waals surface area contributed by atoms with Gasteiger partial charge in [-0.15, -0.1) is 11.6 Å². The van der Waals surface area contributed by atoms with Gasteiger partial charge in [-0.1, -0.05) is 13.3 Å². The Hall–Kier alpha value is -1.13. The minimum absolute atomic E-state index is 0.226. The number of hydrogen-bond donors (Lipinski definition) is 0. The van der Waals surface area contributed by atoms with Crippen molar-refractivity contribution >= 4 is 22.6 Å². The first-order chi connectivity index (χ1) is 10.0. The van der Waals surface area contributed by atoms with E-state index in [0.29, 0.717) is 24.2 Å². The number of nitrogens with zero attached hydrogens (tertiary/aromatic N) is 2. The van der Waals surface area contributed by atoms with Crippen LogP contribution in [0.2, 0.25) is 0 Å². The first-order valence-electron chi connectivity index (χ1n) is 7.42. The Morgan fingerprint density at radius 2 is 2.14 bits per heavy atom. The molecule has 1 atom stereocenters. The number of ether oxygens (including phenoxy) is 1. The molecule has 0 saturated carbocycles. The second kappa shape index (κ2) is 7.23. The number of hydrogen-bond acceptors (Lipinski definition) is 2. The van der Waals surface area contributed by atoms with Gasteiger partial charge in [0.25, 0.3) is 0 Å². The summed E-state index contributed by atoms with van der Waals surface area (Å²) < 4.78 is 21.3. The molecule has 2 rings (SSSR count). The van der Waals surface area contributed by atoms with Gasteiger partial charge in [0.1, 0.15) is 11.6 Å². The number of benzene rings is 1. The molecule has 1 unspecified atom stereocenters. The molecular weight excluding hydrogens is 291 g/mol. The van der Waals surface area contributed by atoms with Gasteiger partial charge in [0.05, 0.1) is 23.0 Å². The SMILES string of the molecule is CCCCOCCn1c(C(C)Cl)nc2cc(F)c(C)cc21. The third-order valence-corrected chi connectivity index (χ3v) is 3.71. The van der Waals surface area contributed by atoms with E-state index in [4.69, 9.17) is 16.3 Å². The van der Waals surface area contributed by atoms with E-state index in [9.17, 15) is 4.39 Å². The number of imidazole rings is 1. The second-order valence-corrected chi connectivity index (χ2v) is 5.95. The third kappa shape index (κ3) is 3.74. The lowest BCUT2D eigenvalue weighted by Crippen LogP contribution is -2.10. The van der Waals surface area contributed by atoms with E-state index in [1.165, 1.54) is 6.07 Å². The van der Waals surface area contributed by atoms with Gasteiger partial charge >= 0.3 is 0 Å². The van der Waals surface area contributed by atoms with Crippen LogP contribution >= 0.6 is 11.6 Å². The second-order valence-electron chi connectivity index (χ2n) is 5.29. The average molecular weight is 313 g/mol.